The molecule has 0 aromatic carbocycles. The van der Waals surface area contributed by atoms with Crippen LogP contribution >= 0.6 is 11.3 Å². The van der Waals surface area contributed by atoms with Crippen molar-refractivity contribution in [2.24, 2.45) is 7.05 Å². The van der Waals surface area contributed by atoms with Crippen molar-refractivity contribution in [1.82, 2.24) is 9.78 Å². The fourth-order valence-corrected chi connectivity index (χ4v) is 4.40. The first kappa shape index (κ1) is 19.1. The summed E-state index contributed by atoms with van der Waals surface area (Å²) in [6.07, 6.45) is 3.75. The Labute approximate surface area is 160 Å². The van der Waals surface area contributed by atoms with Gasteiger partial charge in [-0.1, -0.05) is 0 Å². The number of hydrogen-bond donors (Lipinski definition) is 1. The summed E-state index contributed by atoms with van der Waals surface area (Å²) in [4.78, 5) is 37.9. The van der Waals surface area contributed by atoms with E-state index in [0.29, 0.717) is 10.6 Å². The van der Waals surface area contributed by atoms with E-state index in [0.717, 1.165) is 36.1 Å². The highest BCUT2D eigenvalue weighted by Gasteiger charge is 2.28. The topological polar surface area (TPSA) is 99.5 Å². The minimum Gasteiger partial charge on any atom is -0.465 e. The van der Waals surface area contributed by atoms with Crippen LogP contribution in [0.15, 0.2) is 6.07 Å². The molecular formula is C18H21N3O5S. The Hall–Kier alpha value is -2.68. The van der Waals surface area contributed by atoms with Crippen molar-refractivity contribution in [3.05, 3.63) is 33.5 Å². The maximum Gasteiger partial charge on any atom is 0.358 e. The van der Waals surface area contributed by atoms with Crippen molar-refractivity contribution in [1.29, 1.82) is 0 Å². The van der Waals surface area contributed by atoms with Gasteiger partial charge in [0.25, 0.3) is 5.91 Å². The van der Waals surface area contributed by atoms with Crippen LogP contribution in [0, 0.1) is 0 Å². The van der Waals surface area contributed by atoms with Crippen molar-refractivity contribution < 1.29 is 23.9 Å². The Bertz CT molecular complexity index is 899. The van der Waals surface area contributed by atoms with Crippen LogP contribution in [-0.4, -0.2) is 41.3 Å². The second-order valence-corrected chi connectivity index (χ2v) is 7.22. The van der Waals surface area contributed by atoms with Crippen molar-refractivity contribution in [3.63, 3.8) is 0 Å². The van der Waals surface area contributed by atoms with Gasteiger partial charge in [-0.05, 0) is 38.2 Å². The lowest BCUT2D eigenvalue weighted by atomic mass is 9.95. The summed E-state index contributed by atoms with van der Waals surface area (Å²) in [5.41, 5.74) is 1.65. The monoisotopic (exact) mass is 391 g/mol. The third-order valence-electron chi connectivity index (χ3n) is 4.38. The number of nitrogens with zero attached hydrogens (tertiary/aromatic N) is 2. The molecule has 2 heterocycles. The van der Waals surface area contributed by atoms with Gasteiger partial charge in [0.05, 0.1) is 19.3 Å². The van der Waals surface area contributed by atoms with Crippen LogP contribution in [0.4, 0.5) is 5.00 Å². The van der Waals surface area contributed by atoms with Gasteiger partial charge in [0, 0.05) is 18.0 Å². The zero-order chi connectivity index (χ0) is 19.6. The number of aryl methyl sites for hydroxylation is 2. The zero-order valence-electron chi connectivity index (χ0n) is 15.5. The number of rotatable bonds is 5. The van der Waals surface area contributed by atoms with E-state index in [1.54, 1.807) is 14.0 Å². The van der Waals surface area contributed by atoms with E-state index in [-0.39, 0.29) is 18.0 Å². The van der Waals surface area contributed by atoms with Gasteiger partial charge in [0.15, 0.2) is 5.69 Å². The highest BCUT2D eigenvalue weighted by Crippen LogP contribution is 2.38. The molecule has 2 aromatic heterocycles. The van der Waals surface area contributed by atoms with Gasteiger partial charge in [-0.25, -0.2) is 9.59 Å². The Morgan fingerprint density at radius 1 is 1.26 bits per heavy atom. The lowest BCUT2D eigenvalue weighted by Crippen LogP contribution is -2.17. The highest BCUT2D eigenvalue weighted by molar-refractivity contribution is 7.17. The molecule has 9 heteroatoms. The Morgan fingerprint density at radius 3 is 2.70 bits per heavy atom. The fraction of sp³-hybridized carbons (Fsp3) is 0.444. The molecule has 0 saturated carbocycles. The number of carbonyl (C=O) groups is 3. The number of anilines is 1. The van der Waals surface area contributed by atoms with Crippen LogP contribution in [0.2, 0.25) is 0 Å². The van der Waals surface area contributed by atoms with E-state index in [2.05, 4.69) is 10.4 Å². The first-order chi connectivity index (χ1) is 13.0. The van der Waals surface area contributed by atoms with E-state index in [9.17, 15) is 14.4 Å². The maximum atomic E-state index is 12.7. The third kappa shape index (κ3) is 3.73. The second kappa shape index (κ2) is 7.91. The number of thiophene rings is 1. The molecule has 0 atom stereocenters. The largest absolute Gasteiger partial charge is 0.465 e. The number of fused-ring (bicyclic) bond motifs is 1. The Balaban J connectivity index is 1.89. The van der Waals surface area contributed by atoms with Crippen LogP contribution in [0.25, 0.3) is 0 Å². The van der Waals surface area contributed by atoms with Crippen LogP contribution in [0.3, 0.4) is 0 Å². The minimum absolute atomic E-state index is 0.0585. The average Bonchev–Trinajstić information content (AvgIpc) is 3.21. The highest BCUT2D eigenvalue weighted by atomic mass is 32.1. The molecule has 0 bridgehead atoms. The number of methoxy groups -OCH3 is 1. The smallest absolute Gasteiger partial charge is 0.358 e. The lowest BCUT2D eigenvalue weighted by Gasteiger charge is -2.11. The Kier molecular flexibility index (Phi) is 5.59. The standard InChI is InChI=1S/C18H21N3O5S/c1-4-26-17(23)11-9-12(21(2)20-11)15(22)19-16-14(18(24)25-3)10-7-5-6-8-13(10)27-16/h9H,4-8H2,1-3H3,(H,19,22). The molecule has 0 aliphatic heterocycles. The first-order valence-corrected chi connectivity index (χ1v) is 9.53. The lowest BCUT2D eigenvalue weighted by molar-refractivity contribution is 0.0517. The van der Waals surface area contributed by atoms with Crippen LogP contribution in [0.1, 0.15) is 61.5 Å². The molecule has 1 amide bonds. The van der Waals surface area contributed by atoms with E-state index in [1.165, 1.54) is 29.2 Å². The van der Waals surface area contributed by atoms with Crippen molar-refractivity contribution >= 4 is 34.2 Å². The van der Waals surface area contributed by atoms with Gasteiger partial charge in [-0.15, -0.1) is 11.3 Å². The minimum atomic E-state index is -0.589. The van der Waals surface area contributed by atoms with E-state index in [4.69, 9.17) is 9.47 Å². The number of amides is 1. The molecule has 3 rings (SSSR count). The van der Waals surface area contributed by atoms with E-state index < -0.39 is 17.8 Å². The molecule has 8 nitrogen and oxygen atoms in total. The van der Waals surface area contributed by atoms with E-state index >= 15 is 0 Å². The molecule has 1 aliphatic rings. The van der Waals surface area contributed by atoms with Crippen LogP contribution in [-0.2, 0) is 29.4 Å². The predicted molar refractivity (Wildman–Crippen MR) is 99.4 cm³/mol. The maximum absolute atomic E-state index is 12.7. The van der Waals surface area contributed by atoms with Crippen molar-refractivity contribution in [3.8, 4) is 0 Å². The summed E-state index contributed by atoms with van der Waals surface area (Å²) in [7, 11) is 2.89. The molecule has 2 aromatic rings. The number of aromatic nitrogens is 2. The molecule has 1 N–H and O–H groups in total. The van der Waals surface area contributed by atoms with E-state index in [1.807, 2.05) is 0 Å². The summed E-state index contributed by atoms with van der Waals surface area (Å²) in [6, 6.07) is 1.37. The second-order valence-electron chi connectivity index (χ2n) is 6.12. The molecule has 144 valence electrons. The summed E-state index contributed by atoms with van der Waals surface area (Å²) < 4.78 is 11.1. The van der Waals surface area contributed by atoms with Crippen LogP contribution in [0.5, 0.6) is 0 Å². The average molecular weight is 391 g/mol. The molecule has 1 aliphatic carbocycles. The van der Waals surface area contributed by atoms with Crippen molar-refractivity contribution in [2.75, 3.05) is 19.0 Å². The summed E-state index contributed by atoms with van der Waals surface area (Å²) in [5.74, 6) is -1.50. The van der Waals surface area contributed by atoms with Gasteiger partial charge in [-0.2, -0.15) is 5.10 Å². The molecule has 0 saturated heterocycles. The molecule has 0 fully saturated rings. The first-order valence-electron chi connectivity index (χ1n) is 8.71. The fourth-order valence-electron chi connectivity index (χ4n) is 3.12. The zero-order valence-corrected chi connectivity index (χ0v) is 16.3. The normalized spacial score (nSPS) is 13.0. The van der Waals surface area contributed by atoms with Gasteiger partial charge < -0.3 is 14.8 Å². The molecule has 27 heavy (non-hydrogen) atoms. The summed E-state index contributed by atoms with van der Waals surface area (Å²) >= 11 is 1.40. The van der Waals surface area contributed by atoms with Crippen LogP contribution < -0.4 is 5.32 Å². The Morgan fingerprint density at radius 2 is 2.00 bits per heavy atom. The van der Waals surface area contributed by atoms with Gasteiger partial charge in [0.2, 0.25) is 0 Å². The quantitative estimate of drug-likeness (QED) is 0.787. The number of nitrogens with one attached hydrogen (secondary N) is 1. The number of esters is 2. The van der Waals surface area contributed by atoms with Crippen molar-refractivity contribution in [2.45, 2.75) is 32.6 Å². The van der Waals surface area contributed by atoms with Gasteiger partial charge in [-0.3, -0.25) is 9.48 Å². The number of ether oxygens (including phenoxy) is 2. The molecule has 0 radical (unpaired) electrons. The molecule has 0 spiro atoms. The van der Waals surface area contributed by atoms with Gasteiger partial charge in [0.1, 0.15) is 10.7 Å². The van der Waals surface area contributed by atoms with Gasteiger partial charge >= 0.3 is 11.9 Å². The summed E-state index contributed by atoms with van der Waals surface area (Å²) in [5, 5.41) is 7.28. The SMILES string of the molecule is CCOC(=O)c1cc(C(=O)Nc2sc3c(c2C(=O)OC)CCCC3)n(C)n1. The molecule has 0 unspecified atom stereocenters. The third-order valence-corrected chi connectivity index (χ3v) is 5.59. The number of hydrogen-bond acceptors (Lipinski definition) is 7. The predicted octanol–water partition coefficient (Wildman–Crippen LogP) is 2.58. The number of carbonyl (C=O) groups excluding carboxylic acids is 3. The summed E-state index contributed by atoms with van der Waals surface area (Å²) in [6.45, 7) is 1.92. The molecular weight excluding hydrogens is 370 g/mol.